The number of aromatic nitrogens is 2. The van der Waals surface area contributed by atoms with Crippen LogP contribution >= 0.6 is 0 Å². The lowest BCUT2D eigenvalue weighted by Gasteiger charge is -2.31. The van der Waals surface area contributed by atoms with Crippen molar-refractivity contribution in [3.05, 3.63) is 11.4 Å². The third-order valence-corrected chi connectivity index (χ3v) is 4.05. The minimum atomic E-state index is -3.19. The average molecular weight is 302 g/mol. The van der Waals surface area contributed by atoms with E-state index >= 15 is 0 Å². The van der Waals surface area contributed by atoms with Crippen LogP contribution in [0.2, 0.25) is 0 Å². The van der Waals surface area contributed by atoms with E-state index in [9.17, 15) is 13.2 Å². The van der Waals surface area contributed by atoms with Crippen LogP contribution in [0.25, 0.3) is 0 Å². The Bertz CT molecular complexity index is 575. The third kappa shape index (κ3) is 4.01. The summed E-state index contributed by atoms with van der Waals surface area (Å²) in [4.78, 5) is 13.8. The van der Waals surface area contributed by atoms with Gasteiger partial charge in [0.1, 0.15) is 11.4 Å². The summed E-state index contributed by atoms with van der Waals surface area (Å²) in [7, 11) is -3.19. The summed E-state index contributed by atoms with van der Waals surface area (Å²) in [6, 6.07) is -0.0931. The maximum Gasteiger partial charge on any atom is 0.228 e. The van der Waals surface area contributed by atoms with Crippen molar-refractivity contribution in [2.75, 3.05) is 19.3 Å². The largest absolute Gasteiger partial charge is 0.342 e. The molecule has 0 bridgehead atoms. The minimum absolute atomic E-state index is 0.0402. The van der Waals surface area contributed by atoms with Crippen molar-refractivity contribution in [3.63, 3.8) is 0 Å². The van der Waals surface area contributed by atoms with Crippen LogP contribution in [-0.4, -0.2) is 54.9 Å². The van der Waals surface area contributed by atoms with Gasteiger partial charge < -0.3 is 4.90 Å². The number of rotatable bonds is 4. The van der Waals surface area contributed by atoms with Gasteiger partial charge in [-0.15, -0.1) is 0 Å². The molecule has 1 fully saturated rings. The van der Waals surface area contributed by atoms with E-state index < -0.39 is 10.0 Å². The predicted molar refractivity (Wildman–Crippen MR) is 70.3 cm³/mol. The smallest absolute Gasteiger partial charge is 0.228 e. The highest BCUT2D eigenvalue weighted by Crippen LogP contribution is 2.13. The van der Waals surface area contributed by atoms with Crippen LogP contribution in [0.15, 0.2) is 4.63 Å². The van der Waals surface area contributed by atoms with Crippen LogP contribution in [0.5, 0.6) is 0 Å². The van der Waals surface area contributed by atoms with Gasteiger partial charge in [0.05, 0.1) is 12.7 Å². The van der Waals surface area contributed by atoms with Gasteiger partial charge in [0.25, 0.3) is 0 Å². The second kappa shape index (κ2) is 5.88. The minimum Gasteiger partial charge on any atom is -0.342 e. The summed E-state index contributed by atoms with van der Waals surface area (Å²) < 4.78 is 29.4. The Balaban J connectivity index is 1.84. The fraction of sp³-hybridized carbons (Fsp3) is 0.727. The molecule has 2 rings (SSSR count). The number of piperidine rings is 1. The van der Waals surface area contributed by atoms with E-state index in [1.165, 1.54) is 0 Å². The Hall–Kier alpha value is -1.48. The number of nitrogens with zero attached hydrogens (tertiary/aromatic N) is 3. The number of aryl methyl sites for hydroxylation is 1. The van der Waals surface area contributed by atoms with Gasteiger partial charge in [0.2, 0.25) is 15.9 Å². The molecule has 1 N–H and O–H groups in total. The molecule has 1 aromatic heterocycles. The maximum atomic E-state index is 12.1. The zero-order valence-electron chi connectivity index (χ0n) is 11.5. The van der Waals surface area contributed by atoms with Crippen molar-refractivity contribution in [2.24, 2.45) is 0 Å². The molecule has 9 heteroatoms. The lowest BCUT2D eigenvalue weighted by molar-refractivity contribution is -0.131. The monoisotopic (exact) mass is 302 g/mol. The van der Waals surface area contributed by atoms with E-state index in [1.807, 2.05) is 0 Å². The van der Waals surface area contributed by atoms with E-state index in [0.717, 1.165) is 6.26 Å². The zero-order valence-corrected chi connectivity index (χ0v) is 12.3. The molecule has 20 heavy (non-hydrogen) atoms. The first-order valence-electron chi connectivity index (χ1n) is 6.38. The number of carbonyl (C=O) groups excluding carboxylic acids is 1. The van der Waals surface area contributed by atoms with Gasteiger partial charge in [0, 0.05) is 19.1 Å². The molecule has 0 aromatic carbocycles. The molecule has 0 atom stereocenters. The molecule has 0 radical (unpaired) electrons. The highest BCUT2D eigenvalue weighted by molar-refractivity contribution is 7.88. The summed E-state index contributed by atoms with van der Waals surface area (Å²) in [6.07, 6.45) is 2.55. The van der Waals surface area contributed by atoms with E-state index in [2.05, 4.69) is 19.7 Å². The molecule has 1 amide bonds. The van der Waals surface area contributed by atoms with Crippen LogP contribution in [0, 0.1) is 6.92 Å². The molecular formula is C11H18N4O4S. The van der Waals surface area contributed by atoms with Gasteiger partial charge in [-0.05, 0) is 19.8 Å². The van der Waals surface area contributed by atoms with E-state index in [4.69, 9.17) is 0 Å². The maximum absolute atomic E-state index is 12.1. The Morgan fingerprint density at radius 2 is 2.05 bits per heavy atom. The number of hydrogen-bond donors (Lipinski definition) is 1. The Kier molecular flexibility index (Phi) is 4.39. The summed E-state index contributed by atoms with van der Waals surface area (Å²) in [5, 5.41) is 7.32. The molecule has 0 spiro atoms. The SMILES string of the molecule is Cc1nonc1CC(=O)N1CCC(NS(C)(=O)=O)CC1. The van der Waals surface area contributed by atoms with Crippen LogP contribution in [-0.2, 0) is 21.2 Å². The van der Waals surface area contributed by atoms with Gasteiger partial charge in [-0.1, -0.05) is 10.3 Å². The van der Waals surface area contributed by atoms with Crippen LogP contribution in [0.3, 0.4) is 0 Å². The van der Waals surface area contributed by atoms with Gasteiger partial charge in [-0.3, -0.25) is 4.79 Å². The Labute approximate surface area is 117 Å². The quantitative estimate of drug-likeness (QED) is 0.801. The second-order valence-electron chi connectivity index (χ2n) is 5.02. The van der Waals surface area contributed by atoms with E-state index in [1.54, 1.807) is 11.8 Å². The Morgan fingerprint density at radius 1 is 1.40 bits per heavy atom. The number of likely N-dealkylation sites (tertiary alicyclic amines) is 1. The summed E-state index contributed by atoms with van der Waals surface area (Å²) in [6.45, 7) is 2.81. The van der Waals surface area contributed by atoms with Crippen molar-refractivity contribution < 1.29 is 17.8 Å². The van der Waals surface area contributed by atoms with E-state index in [-0.39, 0.29) is 18.4 Å². The number of nitrogens with one attached hydrogen (secondary N) is 1. The number of amides is 1. The summed E-state index contributed by atoms with van der Waals surface area (Å²) in [5.41, 5.74) is 1.17. The first-order chi connectivity index (χ1) is 9.35. The topological polar surface area (TPSA) is 105 Å². The van der Waals surface area contributed by atoms with Crippen LogP contribution in [0.1, 0.15) is 24.2 Å². The summed E-state index contributed by atoms with van der Waals surface area (Å²) in [5.74, 6) is -0.0402. The van der Waals surface area contributed by atoms with Crippen LogP contribution in [0.4, 0.5) is 0 Å². The molecule has 2 heterocycles. The van der Waals surface area contributed by atoms with Gasteiger partial charge in [-0.2, -0.15) is 0 Å². The lowest BCUT2D eigenvalue weighted by atomic mass is 10.1. The normalized spacial score (nSPS) is 17.4. The van der Waals surface area contributed by atoms with E-state index in [0.29, 0.717) is 37.3 Å². The Morgan fingerprint density at radius 3 is 2.55 bits per heavy atom. The zero-order chi connectivity index (χ0) is 14.8. The first-order valence-corrected chi connectivity index (χ1v) is 8.27. The number of sulfonamides is 1. The molecule has 0 unspecified atom stereocenters. The molecule has 0 aliphatic carbocycles. The lowest BCUT2D eigenvalue weighted by Crippen LogP contribution is -2.46. The molecule has 1 aliphatic heterocycles. The number of carbonyl (C=O) groups is 1. The van der Waals surface area contributed by atoms with Crippen molar-refractivity contribution in [2.45, 2.75) is 32.2 Å². The molecule has 1 aromatic rings. The van der Waals surface area contributed by atoms with Crippen molar-refractivity contribution in [1.29, 1.82) is 0 Å². The third-order valence-electron chi connectivity index (χ3n) is 3.29. The average Bonchev–Trinajstić information content (AvgIpc) is 2.74. The molecule has 1 aliphatic rings. The second-order valence-corrected chi connectivity index (χ2v) is 6.80. The van der Waals surface area contributed by atoms with Crippen molar-refractivity contribution >= 4 is 15.9 Å². The van der Waals surface area contributed by atoms with Crippen molar-refractivity contribution in [3.8, 4) is 0 Å². The fourth-order valence-electron chi connectivity index (χ4n) is 2.21. The van der Waals surface area contributed by atoms with Gasteiger partial charge >= 0.3 is 0 Å². The summed E-state index contributed by atoms with van der Waals surface area (Å²) >= 11 is 0. The molecule has 112 valence electrons. The van der Waals surface area contributed by atoms with Gasteiger partial charge in [-0.25, -0.2) is 17.8 Å². The van der Waals surface area contributed by atoms with Crippen molar-refractivity contribution in [1.82, 2.24) is 19.9 Å². The van der Waals surface area contributed by atoms with Crippen LogP contribution < -0.4 is 4.72 Å². The molecule has 0 saturated carbocycles. The highest BCUT2D eigenvalue weighted by atomic mass is 32.2. The standard InChI is InChI=1S/C11H18N4O4S/c1-8-10(13-19-12-8)7-11(16)15-5-3-9(4-6-15)14-20(2,17)18/h9,14H,3-7H2,1-2H3. The molecule has 8 nitrogen and oxygen atoms in total. The predicted octanol–water partition coefficient (Wildman–Crippen LogP) is -0.539. The fourth-order valence-corrected chi connectivity index (χ4v) is 3.06. The highest BCUT2D eigenvalue weighted by Gasteiger charge is 2.25. The molecule has 1 saturated heterocycles. The molecular weight excluding hydrogens is 284 g/mol. The number of hydrogen-bond acceptors (Lipinski definition) is 6. The first kappa shape index (κ1) is 14.9. The van der Waals surface area contributed by atoms with Gasteiger partial charge in [0.15, 0.2) is 0 Å².